The molecule has 96 valence electrons. The van der Waals surface area contributed by atoms with E-state index in [1.54, 1.807) is 0 Å². The molecule has 5 heteroatoms. The van der Waals surface area contributed by atoms with E-state index in [4.69, 9.17) is 0 Å². The van der Waals surface area contributed by atoms with Gasteiger partial charge in [0.1, 0.15) is 12.6 Å². The van der Waals surface area contributed by atoms with E-state index in [2.05, 4.69) is 5.32 Å². The van der Waals surface area contributed by atoms with Crippen LogP contribution in [0, 0.1) is 5.92 Å². The first-order valence-corrected chi connectivity index (χ1v) is 6.12. The van der Waals surface area contributed by atoms with Crippen LogP contribution in [0.5, 0.6) is 0 Å². The molecule has 1 N–H and O–H groups in total. The van der Waals surface area contributed by atoms with E-state index in [1.807, 2.05) is 20.8 Å². The lowest BCUT2D eigenvalue weighted by Crippen LogP contribution is -2.59. The Kier molecular flexibility index (Phi) is 4.66. The summed E-state index contributed by atoms with van der Waals surface area (Å²) in [6.45, 7) is 5.84. The van der Waals surface area contributed by atoms with Crippen molar-refractivity contribution in [3.63, 3.8) is 0 Å². The Hall–Kier alpha value is -1.39. The third kappa shape index (κ3) is 3.28. The number of nitrogens with one attached hydrogen (secondary N) is 1. The first-order valence-electron chi connectivity index (χ1n) is 6.12. The molecule has 5 nitrogen and oxygen atoms in total. The maximum Gasteiger partial charge on any atom is 0.249 e. The molecule has 0 aliphatic carbocycles. The third-order valence-electron chi connectivity index (χ3n) is 3.18. The van der Waals surface area contributed by atoms with Crippen molar-refractivity contribution in [3.05, 3.63) is 0 Å². The summed E-state index contributed by atoms with van der Waals surface area (Å²) in [5.74, 6) is -0.576. The van der Waals surface area contributed by atoms with Crippen LogP contribution in [0.2, 0.25) is 0 Å². The van der Waals surface area contributed by atoms with Gasteiger partial charge in [0.25, 0.3) is 0 Å². The highest BCUT2D eigenvalue weighted by Gasteiger charge is 2.35. The second kappa shape index (κ2) is 5.80. The molecule has 1 rings (SSSR count). The minimum Gasteiger partial charge on any atom is -0.321 e. The average molecular weight is 240 g/mol. The second-order valence-electron chi connectivity index (χ2n) is 4.58. The minimum atomic E-state index is -0.496. The molecule has 0 radical (unpaired) electrons. The molecule has 0 aromatic heterocycles. The first kappa shape index (κ1) is 13.7. The van der Waals surface area contributed by atoms with Gasteiger partial charge in [0.05, 0.1) is 0 Å². The summed E-state index contributed by atoms with van der Waals surface area (Å²) in [4.78, 5) is 36.3. The molecule has 1 heterocycles. The largest absolute Gasteiger partial charge is 0.321 e. The van der Waals surface area contributed by atoms with Gasteiger partial charge in [0, 0.05) is 6.42 Å². The predicted octanol–water partition coefficient (Wildman–Crippen LogP) is 0.686. The lowest BCUT2D eigenvalue weighted by Gasteiger charge is -2.34. The van der Waals surface area contributed by atoms with Crippen LogP contribution >= 0.6 is 0 Å². The summed E-state index contributed by atoms with van der Waals surface area (Å²) < 4.78 is 0. The fourth-order valence-corrected chi connectivity index (χ4v) is 1.89. The van der Waals surface area contributed by atoms with E-state index in [0.717, 1.165) is 6.42 Å². The Morgan fingerprint density at radius 3 is 2.65 bits per heavy atom. The Labute approximate surface area is 102 Å². The van der Waals surface area contributed by atoms with Crippen LogP contribution in [-0.4, -0.2) is 35.2 Å². The molecule has 3 amide bonds. The Balaban J connectivity index is 2.74. The lowest BCUT2D eigenvalue weighted by molar-refractivity contribution is -0.150. The molecule has 17 heavy (non-hydrogen) atoms. The Morgan fingerprint density at radius 1 is 1.47 bits per heavy atom. The van der Waals surface area contributed by atoms with Crippen LogP contribution in [0.3, 0.4) is 0 Å². The number of nitrogens with zero attached hydrogens (tertiary/aromatic N) is 1. The number of hydrogen-bond acceptors (Lipinski definition) is 3. The van der Waals surface area contributed by atoms with Crippen LogP contribution in [0.1, 0.15) is 40.0 Å². The summed E-state index contributed by atoms with van der Waals surface area (Å²) in [5, 5.41) is 2.26. The minimum absolute atomic E-state index is 0.000482. The molecule has 0 spiro atoms. The number of carbonyl (C=O) groups excluding carboxylic acids is 3. The van der Waals surface area contributed by atoms with Gasteiger partial charge >= 0.3 is 0 Å². The van der Waals surface area contributed by atoms with Crippen LogP contribution in [0.4, 0.5) is 0 Å². The van der Waals surface area contributed by atoms with Gasteiger partial charge in [-0.25, -0.2) is 0 Å². The summed E-state index contributed by atoms with van der Waals surface area (Å²) in [7, 11) is 0. The zero-order chi connectivity index (χ0) is 13.0. The summed E-state index contributed by atoms with van der Waals surface area (Å²) in [6.07, 6.45) is 1.84. The zero-order valence-corrected chi connectivity index (χ0v) is 10.7. The van der Waals surface area contributed by atoms with E-state index in [0.29, 0.717) is 12.8 Å². The van der Waals surface area contributed by atoms with Crippen LogP contribution < -0.4 is 5.32 Å². The molecular formula is C12H20N2O3. The first-order chi connectivity index (χ1) is 7.99. The number of rotatable bonds is 4. The topological polar surface area (TPSA) is 66.5 Å². The molecular weight excluding hydrogens is 220 g/mol. The number of amides is 3. The van der Waals surface area contributed by atoms with E-state index in [-0.39, 0.29) is 24.3 Å². The van der Waals surface area contributed by atoms with Crippen molar-refractivity contribution in [1.82, 2.24) is 10.2 Å². The summed E-state index contributed by atoms with van der Waals surface area (Å²) in [6, 6.07) is -0.496. The number of piperazine rings is 1. The van der Waals surface area contributed by atoms with E-state index < -0.39 is 11.9 Å². The van der Waals surface area contributed by atoms with Gasteiger partial charge in [-0.2, -0.15) is 0 Å². The molecule has 1 aliphatic rings. The van der Waals surface area contributed by atoms with Crippen molar-refractivity contribution < 1.29 is 14.4 Å². The van der Waals surface area contributed by atoms with Crippen molar-refractivity contribution in [2.24, 2.45) is 5.92 Å². The monoisotopic (exact) mass is 240 g/mol. The third-order valence-corrected chi connectivity index (χ3v) is 3.18. The normalized spacial score (nSPS) is 22.3. The van der Waals surface area contributed by atoms with Gasteiger partial charge in [-0.05, 0) is 12.3 Å². The van der Waals surface area contributed by atoms with Gasteiger partial charge in [0.15, 0.2) is 0 Å². The maximum absolute atomic E-state index is 12.0. The Morgan fingerprint density at radius 2 is 2.12 bits per heavy atom. The van der Waals surface area contributed by atoms with Crippen molar-refractivity contribution in [3.8, 4) is 0 Å². The predicted molar refractivity (Wildman–Crippen MR) is 63.0 cm³/mol. The number of imide groups is 1. The molecule has 2 unspecified atom stereocenters. The smallest absolute Gasteiger partial charge is 0.249 e. The number of carbonyl (C=O) groups is 3. The van der Waals surface area contributed by atoms with Gasteiger partial charge in [-0.15, -0.1) is 0 Å². The molecule has 1 fully saturated rings. The van der Waals surface area contributed by atoms with E-state index in [9.17, 15) is 14.4 Å². The molecule has 1 aliphatic heterocycles. The van der Waals surface area contributed by atoms with Crippen LogP contribution in [0.15, 0.2) is 0 Å². The highest BCUT2D eigenvalue weighted by molar-refractivity contribution is 6.04. The molecule has 0 aromatic rings. The fraction of sp³-hybridized carbons (Fsp3) is 0.750. The van der Waals surface area contributed by atoms with Gasteiger partial charge in [0.2, 0.25) is 17.7 Å². The highest BCUT2D eigenvalue weighted by atomic mass is 16.2. The molecule has 1 saturated heterocycles. The highest BCUT2D eigenvalue weighted by Crippen LogP contribution is 2.15. The zero-order valence-electron chi connectivity index (χ0n) is 10.7. The number of hydrogen-bond donors (Lipinski definition) is 1. The van der Waals surface area contributed by atoms with Gasteiger partial charge in [-0.3, -0.25) is 19.7 Å². The summed E-state index contributed by atoms with van der Waals surface area (Å²) in [5.41, 5.74) is 0. The lowest BCUT2D eigenvalue weighted by atomic mass is 10.0. The molecule has 0 saturated carbocycles. The maximum atomic E-state index is 12.0. The van der Waals surface area contributed by atoms with Crippen molar-refractivity contribution in [1.29, 1.82) is 0 Å². The van der Waals surface area contributed by atoms with E-state index >= 15 is 0 Å². The quantitative estimate of drug-likeness (QED) is 0.735. The van der Waals surface area contributed by atoms with E-state index in [1.165, 1.54) is 4.90 Å². The van der Waals surface area contributed by atoms with Gasteiger partial charge in [-0.1, -0.05) is 27.2 Å². The van der Waals surface area contributed by atoms with Crippen molar-refractivity contribution >= 4 is 17.7 Å². The SMILES string of the molecule is CCC(C)CC(=O)N1CC(=O)NC(=O)C1CC. The van der Waals surface area contributed by atoms with Gasteiger partial charge < -0.3 is 4.90 Å². The molecule has 2 atom stereocenters. The standard InChI is InChI=1S/C12H20N2O3/c1-4-8(3)6-11(16)14-7-10(15)13-12(17)9(14)5-2/h8-9H,4-7H2,1-3H3,(H,13,15,17). The van der Waals surface area contributed by atoms with Crippen LogP contribution in [-0.2, 0) is 14.4 Å². The second-order valence-corrected chi connectivity index (χ2v) is 4.58. The van der Waals surface area contributed by atoms with Crippen molar-refractivity contribution in [2.45, 2.75) is 46.1 Å². The summed E-state index contributed by atoms with van der Waals surface area (Å²) >= 11 is 0. The molecule has 0 aromatic carbocycles. The van der Waals surface area contributed by atoms with Crippen molar-refractivity contribution in [2.75, 3.05) is 6.54 Å². The fourth-order valence-electron chi connectivity index (χ4n) is 1.89. The molecule has 0 bridgehead atoms. The average Bonchev–Trinajstić information content (AvgIpc) is 2.27. The van der Waals surface area contributed by atoms with Crippen LogP contribution in [0.25, 0.3) is 0 Å². The Bertz CT molecular complexity index is 328.